The average molecular weight is 247 g/mol. The van der Waals surface area contributed by atoms with Crippen LogP contribution >= 0.6 is 0 Å². The monoisotopic (exact) mass is 247 g/mol. The van der Waals surface area contributed by atoms with Crippen LogP contribution in [0.1, 0.15) is 19.7 Å². The lowest BCUT2D eigenvalue weighted by molar-refractivity contribution is 0.512. The van der Waals surface area contributed by atoms with Gasteiger partial charge in [0, 0.05) is 6.20 Å². The molecule has 92 valence electrons. The predicted octanol–water partition coefficient (Wildman–Crippen LogP) is 2.07. The van der Waals surface area contributed by atoms with Crippen molar-refractivity contribution in [2.75, 3.05) is 0 Å². The van der Waals surface area contributed by atoms with Gasteiger partial charge >= 0.3 is 0 Å². The lowest BCUT2D eigenvalue weighted by Crippen LogP contribution is -2.39. The van der Waals surface area contributed by atoms with Crippen LogP contribution in [-0.4, -0.2) is 17.5 Å². The van der Waals surface area contributed by atoms with Gasteiger partial charge in [0.05, 0.1) is 25.3 Å². The van der Waals surface area contributed by atoms with E-state index in [0.29, 0.717) is 0 Å². The van der Waals surface area contributed by atoms with E-state index >= 15 is 0 Å². The minimum atomic E-state index is -1.35. The quantitative estimate of drug-likeness (QED) is 0.826. The minimum absolute atomic E-state index is 0.412. The third kappa shape index (κ3) is 2.15. The van der Waals surface area contributed by atoms with Crippen molar-refractivity contribution in [2.24, 2.45) is 5.73 Å². The molecule has 0 atom stereocenters. The molecule has 17 heavy (non-hydrogen) atoms. The predicted molar refractivity (Wildman–Crippen MR) is 75.4 cm³/mol. The maximum Gasteiger partial charge on any atom is 0.132 e. The van der Waals surface area contributed by atoms with Crippen LogP contribution in [0.3, 0.4) is 0 Å². The van der Waals surface area contributed by atoms with Gasteiger partial charge in [-0.05, 0) is 25.1 Å². The SMILES string of the molecule is CC(C)(N)c1ncc2c([Si](C)(C)C)cccn12. The molecule has 0 spiro atoms. The van der Waals surface area contributed by atoms with Gasteiger partial charge in [-0.2, -0.15) is 0 Å². The van der Waals surface area contributed by atoms with E-state index in [0.717, 1.165) is 5.82 Å². The van der Waals surface area contributed by atoms with Gasteiger partial charge in [0.2, 0.25) is 0 Å². The number of fused-ring (bicyclic) bond motifs is 1. The molecule has 2 heterocycles. The fraction of sp³-hybridized carbons (Fsp3) is 0.462. The molecule has 0 unspecified atom stereocenters. The van der Waals surface area contributed by atoms with Gasteiger partial charge in [-0.1, -0.05) is 25.7 Å². The molecule has 0 aliphatic rings. The Morgan fingerprint density at radius 1 is 1.29 bits per heavy atom. The van der Waals surface area contributed by atoms with E-state index in [2.05, 4.69) is 47.4 Å². The van der Waals surface area contributed by atoms with Crippen molar-refractivity contribution < 1.29 is 0 Å². The second-order valence-electron chi connectivity index (χ2n) is 6.23. The Bertz CT molecular complexity index is 544. The molecule has 0 aliphatic heterocycles. The highest BCUT2D eigenvalue weighted by Crippen LogP contribution is 2.18. The molecule has 0 radical (unpaired) electrons. The largest absolute Gasteiger partial charge is 0.319 e. The molecule has 2 N–H and O–H groups in total. The number of nitrogens with two attached hydrogens (primary N) is 1. The smallest absolute Gasteiger partial charge is 0.132 e. The molecule has 0 aliphatic carbocycles. The molecule has 2 rings (SSSR count). The topological polar surface area (TPSA) is 43.3 Å². The van der Waals surface area contributed by atoms with Crippen LogP contribution in [0.2, 0.25) is 19.6 Å². The van der Waals surface area contributed by atoms with E-state index in [1.54, 1.807) is 0 Å². The van der Waals surface area contributed by atoms with Crippen LogP contribution < -0.4 is 10.9 Å². The summed E-state index contributed by atoms with van der Waals surface area (Å²) in [7, 11) is -1.35. The Morgan fingerprint density at radius 2 is 1.94 bits per heavy atom. The highest BCUT2D eigenvalue weighted by Gasteiger charge is 2.24. The first-order valence-corrected chi connectivity index (χ1v) is 9.47. The van der Waals surface area contributed by atoms with Gasteiger partial charge in [-0.3, -0.25) is 0 Å². The van der Waals surface area contributed by atoms with Gasteiger partial charge in [-0.15, -0.1) is 0 Å². The first kappa shape index (κ1) is 12.3. The molecule has 2 aromatic rings. The van der Waals surface area contributed by atoms with Gasteiger partial charge in [0.25, 0.3) is 0 Å². The van der Waals surface area contributed by atoms with Crippen molar-refractivity contribution in [3.05, 3.63) is 30.4 Å². The second kappa shape index (κ2) is 3.68. The maximum absolute atomic E-state index is 6.15. The Morgan fingerprint density at radius 3 is 2.47 bits per heavy atom. The van der Waals surface area contributed by atoms with Crippen LogP contribution in [0.4, 0.5) is 0 Å². The zero-order valence-electron chi connectivity index (χ0n) is 11.3. The Kier molecular flexibility index (Phi) is 2.67. The first-order chi connectivity index (χ1) is 7.71. The number of aromatic nitrogens is 2. The number of hydrogen-bond acceptors (Lipinski definition) is 2. The second-order valence-corrected chi connectivity index (χ2v) is 11.3. The number of pyridine rings is 1. The van der Waals surface area contributed by atoms with Crippen LogP contribution in [0.15, 0.2) is 24.5 Å². The lowest BCUT2D eigenvalue weighted by Gasteiger charge is -2.20. The average Bonchev–Trinajstić information content (AvgIpc) is 2.57. The minimum Gasteiger partial charge on any atom is -0.319 e. The van der Waals surface area contributed by atoms with Crippen molar-refractivity contribution in [3.8, 4) is 0 Å². The summed E-state index contributed by atoms with van der Waals surface area (Å²) in [5.41, 5.74) is 6.95. The molecular weight excluding hydrogens is 226 g/mol. The molecule has 0 amide bonds. The van der Waals surface area contributed by atoms with E-state index in [9.17, 15) is 0 Å². The fourth-order valence-corrected chi connectivity index (χ4v) is 3.68. The standard InChI is InChI=1S/C13H21N3Si/c1-13(2,14)12-15-9-10-11(17(3,4)5)7-6-8-16(10)12/h6-9H,14H2,1-5H3. The zero-order valence-corrected chi connectivity index (χ0v) is 12.3. The summed E-state index contributed by atoms with van der Waals surface area (Å²) in [5.74, 6) is 0.924. The molecule has 0 saturated carbocycles. The summed E-state index contributed by atoms with van der Waals surface area (Å²) in [6.45, 7) is 11.0. The molecule has 0 fully saturated rings. The van der Waals surface area contributed by atoms with Gasteiger partial charge in [0.15, 0.2) is 0 Å². The third-order valence-corrected chi connectivity index (χ3v) is 4.99. The van der Waals surface area contributed by atoms with Crippen LogP contribution in [-0.2, 0) is 5.54 Å². The zero-order chi connectivity index (χ0) is 12.8. The fourth-order valence-electron chi connectivity index (χ4n) is 2.13. The Hall–Kier alpha value is -1.13. The summed E-state index contributed by atoms with van der Waals surface area (Å²) >= 11 is 0. The normalized spacial score (nSPS) is 13.3. The summed E-state index contributed by atoms with van der Waals surface area (Å²) < 4.78 is 2.13. The van der Waals surface area contributed by atoms with Crippen LogP contribution in [0.5, 0.6) is 0 Å². The highest BCUT2D eigenvalue weighted by molar-refractivity contribution is 6.90. The summed E-state index contributed by atoms with van der Waals surface area (Å²) in [6, 6.07) is 4.31. The molecule has 2 aromatic heterocycles. The molecule has 3 nitrogen and oxygen atoms in total. The van der Waals surface area contributed by atoms with Crippen molar-refractivity contribution >= 4 is 18.8 Å². The van der Waals surface area contributed by atoms with Crippen LogP contribution in [0, 0.1) is 0 Å². The maximum atomic E-state index is 6.15. The number of imidazole rings is 1. The number of rotatable bonds is 2. The van der Waals surface area contributed by atoms with E-state index < -0.39 is 13.6 Å². The molecule has 0 aromatic carbocycles. The lowest BCUT2D eigenvalue weighted by atomic mass is 10.1. The first-order valence-electron chi connectivity index (χ1n) is 5.97. The van der Waals surface area contributed by atoms with Crippen LogP contribution in [0.25, 0.3) is 5.52 Å². The molecule has 4 heteroatoms. The van der Waals surface area contributed by atoms with Gasteiger partial charge < -0.3 is 10.1 Å². The molecular formula is C13H21N3Si. The van der Waals surface area contributed by atoms with E-state index in [1.807, 2.05) is 20.0 Å². The van der Waals surface area contributed by atoms with Crippen molar-refractivity contribution in [1.29, 1.82) is 0 Å². The summed E-state index contributed by atoms with van der Waals surface area (Å²) in [6.07, 6.45) is 4.01. The molecule has 0 saturated heterocycles. The van der Waals surface area contributed by atoms with E-state index in [-0.39, 0.29) is 0 Å². The van der Waals surface area contributed by atoms with Gasteiger partial charge in [-0.25, -0.2) is 4.98 Å². The number of hydrogen-bond donors (Lipinski definition) is 1. The van der Waals surface area contributed by atoms with Crippen molar-refractivity contribution in [3.63, 3.8) is 0 Å². The van der Waals surface area contributed by atoms with E-state index in [4.69, 9.17) is 5.73 Å². The molecule has 0 bridgehead atoms. The Labute approximate surface area is 104 Å². The number of nitrogens with zero attached hydrogens (tertiary/aromatic N) is 2. The summed E-state index contributed by atoms with van der Waals surface area (Å²) in [5, 5.41) is 1.43. The van der Waals surface area contributed by atoms with Crippen molar-refractivity contribution in [1.82, 2.24) is 9.38 Å². The summed E-state index contributed by atoms with van der Waals surface area (Å²) in [4.78, 5) is 4.50. The highest BCUT2D eigenvalue weighted by atomic mass is 28.3. The van der Waals surface area contributed by atoms with Crippen molar-refractivity contribution in [2.45, 2.75) is 39.0 Å². The van der Waals surface area contributed by atoms with E-state index in [1.165, 1.54) is 10.7 Å². The van der Waals surface area contributed by atoms with Gasteiger partial charge in [0.1, 0.15) is 5.82 Å². The Balaban J connectivity index is 2.74. The third-order valence-electron chi connectivity index (χ3n) is 2.96.